The van der Waals surface area contributed by atoms with Crippen molar-refractivity contribution in [3.05, 3.63) is 64.4 Å². The number of rotatable bonds is 5. The van der Waals surface area contributed by atoms with Gasteiger partial charge in [-0.1, -0.05) is 29.8 Å². The van der Waals surface area contributed by atoms with Crippen LogP contribution in [0.25, 0.3) is 0 Å². The van der Waals surface area contributed by atoms with Crippen LogP contribution in [0.1, 0.15) is 24.1 Å². The Kier molecular flexibility index (Phi) is 4.99. The van der Waals surface area contributed by atoms with Crippen LogP contribution >= 0.6 is 11.6 Å². The summed E-state index contributed by atoms with van der Waals surface area (Å²) >= 11 is 6.08. The summed E-state index contributed by atoms with van der Waals surface area (Å²) in [4.78, 5) is 0. The van der Waals surface area contributed by atoms with E-state index in [-0.39, 0.29) is 11.9 Å². The van der Waals surface area contributed by atoms with E-state index in [1.807, 2.05) is 25.1 Å². The second-order valence-corrected chi connectivity index (χ2v) is 5.03. The lowest BCUT2D eigenvalue weighted by molar-refractivity contribution is 0.414. The van der Waals surface area contributed by atoms with Gasteiger partial charge in [-0.2, -0.15) is 0 Å². The first-order valence-electron chi connectivity index (χ1n) is 6.41. The average Bonchev–Trinajstić information content (AvgIpc) is 2.45. The molecule has 0 amide bonds. The number of hydrogen-bond donors (Lipinski definition) is 1. The predicted octanol–water partition coefficient (Wildman–Crippen LogP) is 4.34. The molecule has 2 nitrogen and oxygen atoms in total. The lowest BCUT2D eigenvalue weighted by Gasteiger charge is -2.15. The van der Waals surface area contributed by atoms with Gasteiger partial charge in [-0.3, -0.25) is 0 Å². The Labute approximate surface area is 123 Å². The van der Waals surface area contributed by atoms with Crippen LogP contribution in [0.15, 0.2) is 42.5 Å². The highest BCUT2D eigenvalue weighted by atomic mass is 35.5. The first-order chi connectivity index (χ1) is 9.60. The summed E-state index contributed by atoms with van der Waals surface area (Å²) in [5, 5.41) is 3.98. The molecule has 0 aliphatic carbocycles. The minimum absolute atomic E-state index is 0.136. The molecular formula is C16H17ClFNO. The van der Waals surface area contributed by atoms with E-state index in [1.54, 1.807) is 19.2 Å². The van der Waals surface area contributed by atoms with Crippen LogP contribution < -0.4 is 10.1 Å². The van der Waals surface area contributed by atoms with Crippen LogP contribution in [0.5, 0.6) is 5.75 Å². The van der Waals surface area contributed by atoms with Crippen LogP contribution in [0.3, 0.4) is 0 Å². The molecule has 106 valence electrons. The van der Waals surface area contributed by atoms with Gasteiger partial charge in [0.2, 0.25) is 0 Å². The number of hydrogen-bond acceptors (Lipinski definition) is 2. The van der Waals surface area contributed by atoms with E-state index in [9.17, 15) is 4.39 Å². The number of nitrogens with one attached hydrogen (secondary N) is 1. The quantitative estimate of drug-likeness (QED) is 0.885. The molecule has 0 aliphatic heterocycles. The molecule has 0 fully saturated rings. The van der Waals surface area contributed by atoms with Gasteiger partial charge < -0.3 is 10.1 Å². The standard InChI is InChI=1S/C16H17ClFNO/c1-11(13-4-6-14(18)7-5-13)19-10-12-3-8-16(20-2)15(17)9-12/h3-9,11,19H,10H2,1-2H3. The smallest absolute Gasteiger partial charge is 0.137 e. The second-order valence-electron chi connectivity index (χ2n) is 4.62. The normalized spacial score (nSPS) is 12.2. The summed E-state index contributed by atoms with van der Waals surface area (Å²) in [6.45, 7) is 2.72. The van der Waals surface area contributed by atoms with Crippen molar-refractivity contribution in [2.75, 3.05) is 7.11 Å². The SMILES string of the molecule is COc1ccc(CNC(C)c2ccc(F)cc2)cc1Cl. The fraction of sp³-hybridized carbons (Fsp3) is 0.250. The number of benzene rings is 2. The van der Waals surface area contributed by atoms with Crippen LogP contribution in [0, 0.1) is 5.82 Å². The zero-order valence-electron chi connectivity index (χ0n) is 11.5. The van der Waals surface area contributed by atoms with Gasteiger partial charge in [0.05, 0.1) is 12.1 Å². The molecule has 0 saturated heterocycles. The third kappa shape index (κ3) is 3.71. The summed E-state index contributed by atoms with van der Waals surface area (Å²) in [6, 6.07) is 12.3. The second kappa shape index (κ2) is 6.73. The molecule has 2 aromatic rings. The summed E-state index contributed by atoms with van der Waals surface area (Å²) in [6.07, 6.45) is 0. The summed E-state index contributed by atoms with van der Waals surface area (Å²) in [5.74, 6) is 0.449. The maximum atomic E-state index is 12.9. The average molecular weight is 294 g/mol. The van der Waals surface area contributed by atoms with E-state index in [4.69, 9.17) is 16.3 Å². The van der Waals surface area contributed by atoms with Gasteiger partial charge in [0.15, 0.2) is 0 Å². The Bertz CT molecular complexity index is 571. The van der Waals surface area contributed by atoms with Crippen LogP contribution in [-0.2, 0) is 6.54 Å². The van der Waals surface area contributed by atoms with Gasteiger partial charge >= 0.3 is 0 Å². The molecule has 0 radical (unpaired) electrons. The number of methoxy groups -OCH3 is 1. The Morgan fingerprint density at radius 2 is 1.90 bits per heavy atom. The molecule has 0 heterocycles. The van der Waals surface area contributed by atoms with Gasteiger partial charge in [0.25, 0.3) is 0 Å². The Hall–Kier alpha value is -1.58. The minimum Gasteiger partial charge on any atom is -0.495 e. The fourth-order valence-electron chi connectivity index (χ4n) is 1.96. The largest absolute Gasteiger partial charge is 0.495 e. The molecule has 0 saturated carbocycles. The lowest BCUT2D eigenvalue weighted by atomic mass is 10.1. The van der Waals surface area contributed by atoms with E-state index in [1.165, 1.54) is 12.1 Å². The predicted molar refractivity (Wildman–Crippen MR) is 79.7 cm³/mol. The van der Waals surface area contributed by atoms with Crippen molar-refractivity contribution in [2.45, 2.75) is 19.5 Å². The number of ether oxygens (including phenoxy) is 1. The van der Waals surface area contributed by atoms with Gasteiger partial charge in [-0.05, 0) is 42.3 Å². The van der Waals surface area contributed by atoms with Crippen molar-refractivity contribution in [3.63, 3.8) is 0 Å². The third-order valence-electron chi connectivity index (χ3n) is 3.20. The first kappa shape index (κ1) is 14.8. The van der Waals surface area contributed by atoms with E-state index < -0.39 is 0 Å². The van der Waals surface area contributed by atoms with E-state index in [0.29, 0.717) is 17.3 Å². The molecule has 0 bridgehead atoms. The highest BCUT2D eigenvalue weighted by Gasteiger charge is 2.06. The van der Waals surface area contributed by atoms with E-state index in [0.717, 1.165) is 11.1 Å². The van der Waals surface area contributed by atoms with Crippen LogP contribution in [-0.4, -0.2) is 7.11 Å². The van der Waals surface area contributed by atoms with Crippen LogP contribution in [0.2, 0.25) is 5.02 Å². The van der Waals surface area contributed by atoms with Crippen molar-refractivity contribution in [2.24, 2.45) is 0 Å². The Morgan fingerprint density at radius 3 is 2.50 bits per heavy atom. The summed E-state index contributed by atoms with van der Waals surface area (Å²) < 4.78 is 18.0. The molecule has 1 atom stereocenters. The zero-order chi connectivity index (χ0) is 14.5. The van der Waals surface area contributed by atoms with Gasteiger partial charge in [0.1, 0.15) is 11.6 Å². The monoisotopic (exact) mass is 293 g/mol. The molecule has 0 spiro atoms. The topological polar surface area (TPSA) is 21.3 Å². The molecule has 1 N–H and O–H groups in total. The first-order valence-corrected chi connectivity index (χ1v) is 6.79. The molecule has 0 aliphatic rings. The van der Waals surface area contributed by atoms with E-state index in [2.05, 4.69) is 5.32 Å². The molecule has 1 unspecified atom stereocenters. The number of halogens is 2. The molecule has 2 rings (SSSR count). The molecule has 2 aromatic carbocycles. The minimum atomic E-state index is -0.220. The zero-order valence-corrected chi connectivity index (χ0v) is 12.2. The molecular weight excluding hydrogens is 277 g/mol. The van der Waals surface area contributed by atoms with Crippen molar-refractivity contribution < 1.29 is 9.13 Å². The summed E-state index contributed by atoms with van der Waals surface area (Å²) in [7, 11) is 1.59. The van der Waals surface area contributed by atoms with Crippen molar-refractivity contribution in [3.8, 4) is 5.75 Å². The van der Waals surface area contributed by atoms with E-state index >= 15 is 0 Å². The summed E-state index contributed by atoms with van der Waals surface area (Å²) in [5.41, 5.74) is 2.12. The fourth-order valence-corrected chi connectivity index (χ4v) is 2.24. The lowest BCUT2D eigenvalue weighted by Crippen LogP contribution is -2.18. The van der Waals surface area contributed by atoms with Crippen molar-refractivity contribution in [1.29, 1.82) is 0 Å². The molecule has 20 heavy (non-hydrogen) atoms. The third-order valence-corrected chi connectivity index (χ3v) is 3.49. The van der Waals surface area contributed by atoms with Crippen molar-refractivity contribution >= 4 is 11.6 Å². The van der Waals surface area contributed by atoms with Gasteiger partial charge in [-0.15, -0.1) is 0 Å². The van der Waals surface area contributed by atoms with Crippen LogP contribution in [0.4, 0.5) is 4.39 Å². The van der Waals surface area contributed by atoms with Crippen molar-refractivity contribution in [1.82, 2.24) is 5.32 Å². The maximum absolute atomic E-state index is 12.9. The van der Waals surface area contributed by atoms with Gasteiger partial charge in [-0.25, -0.2) is 4.39 Å². The van der Waals surface area contributed by atoms with Gasteiger partial charge in [0, 0.05) is 12.6 Å². The Morgan fingerprint density at radius 1 is 1.20 bits per heavy atom. The Balaban J connectivity index is 1.97. The molecule has 0 aromatic heterocycles. The molecule has 4 heteroatoms. The highest BCUT2D eigenvalue weighted by Crippen LogP contribution is 2.25. The maximum Gasteiger partial charge on any atom is 0.137 e. The highest BCUT2D eigenvalue weighted by molar-refractivity contribution is 6.32.